The molecular weight excluding hydrogens is 454 g/mol. The largest absolute Gasteiger partial charge is 0.444 e. The van der Waals surface area contributed by atoms with Crippen LogP contribution in [-0.2, 0) is 14.3 Å². The van der Waals surface area contributed by atoms with Crippen LogP contribution in [0.4, 0.5) is 4.79 Å². The number of amides is 3. The van der Waals surface area contributed by atoms with Crippen LogP contribution in [0.1, 0.15) is 104 Å². The summed E-state index contributed by atoms with van der Waals surface area (Å²) in [6.45, 7) is 15.5. The third-order valence-electron chi connectivity index (χ3n) is 5.74. The lowest BCUT2D eigenvalue weighted by atomic mass is 10.00. The van der Waals surface area contributed by atoms with Crippen LogP contribution in [0.3, 0.4) is 0 Å². The predicted octanol–water partition coefficient (Wildman–Crippen LogP) is 6.00. The summed E-state index contributed by atoms with van der Waals surface area (Å²) in [5.74, 6) is -0.556. The van der Waals surface area contributed by atoms with Gasteiger partial charge in [0.15, 0.2) is 0 Å². The number of benzene rings is 1. The maximum atomic E-state index is 13.6. The van der Waals surface area contributed by atoms with Crippen LogP contribution in [0, 0.1) is 0 Å². The lowest BCUT2D eigenvalue weighted by Gasteiger charge is -2.33. The second-order valence-electron chi connectivity index (χ2n) is 10.3. The highest BCUT2D eigenvalue weighted by molar-refractivity contribution is 5.90. The van der Waals surface area contributed by atoms with Gasteiger partial charge in [0.2, 0.25) is 11.8 Å². The summed E-state index contributed by atoms with van der Waals surface area (Å²) in [4.78, 5) is 40.9. The van der Waals surface area contributed by atoms with E-state index in [2.05, 4.69) is 31.1 Å². The van der Waals surface area contributed by atoms with Gasteiger partial charge in [0.05, 0.1) is 0 Å². The van der Waals surface area contributed by atoms with E-state index < -0.39 is 17.7 Å². The summed E-state index contributed by atoms with van der Waals surface area (Å²) in [6.07, 6.45) is 7.91. The molecule has 0 fully saturated rings. The minimum atomic E-state index is -0.816. The molecule has 0 spiro atoms. The Hall–Kier alpha value is -2.83. The molecule has 0 aromatic heterocycles. The maximum Gasteiger partial charge on any atom is 0.408 e. The second-order valence-corrected chi connectivity index (χ2v) is 10.3. The molecule has 0 heterocycles. The first-order valence-electron chi connectivity index (χ1n) is 13.3. The van der Waals surface area contributed by atoms with E-state index in [-0.39, 0.29) is 24.4 Å². The molecule has 2 unspecified atom stereocenters. The van der Waals surface area contributed by atoms with Gasteiger partial charge in [-0.2, -0.15) is 0 Å². The van der Waals surface area contributed by atoms with Gasteiger partial charge in [-0.15, -0.1) is 0 Å². The lowest BCUT2D eigenvalue weighted by molar-refractivity contribution is -0.140. The molecule has 1 aromatic carbocycles. The standard InChI is InChI=1S/C29H47N3O4/c1-8-11-12-13-14-19-32(25(33)21-30-28(35)36-29(5,6)7)26(27(34)31-22(4)16-9-2)24-18-15-17-23(10-3)20-24/h10,15,17-18,20,22,26H,3,8-9,11-14,16,19,21H2,1-2,4-7H3,(H,30,35)(H,31,34). The monoisotopic (exact) mass is 501 g/mol. The van der Waals surface area contributed by atoms with Crippen LogP contribution in [-0.4, -0.2) is 47.5 Å². The molecule has 0 aliphatic heterocycles. The molecule has 7 heteroatoms. The zero-order chi connectivity index (χ0) is 27.1. The van der Waals surface area contributed by atoms with E-state index >= 15 is 0 Å². The lowest BCUT2D eigenvalue weighted by Crippen LogP contribution is -2.49. The van der Waals surface area contributed by atoms with E-state index in [0.29, 0.717) is 12.1 Å². The van der Waals surface area contributed by atoms with E-state index in [1.807, 2.05) is 31.2 Å². The van der Waals surface area contributed by atoms with E-state index in [9.17, 15) is 14.4 Å². The van der Waals surface area contributed by atoms with Crippen molar-refractivity contribution in [2.24, 2.45) is 0 Å². The van der Waals surface area contributed by atoms with E-state index in [0.717, 1.165) is 50.5 Å². The molecule has 202 valence electrons. The Morgan fingerprint density at radius 3 is 2.39 bits per heavy atom. The Morgan fingerprint density at radius 2 is 1.78 bits per heavy atom. The predicted molar refractivity (Wildman–Crippen MR) is 146 cm³/mol. The van der Waals surface area contributed by atoms with Crippen LogP contribution in [0.2, 0.25) is 0 Å². The molecule has 0 aliphatic carbocycles. The highest BCUT2D eigenvalue weighted by Crippen LogP contribution is 2.24. The molecule has 0 aliphatic rings. The van der Waals surface area contributed by atoms with Gasteiger partial charge >= 0.3 is 6.09 Å². The number of hydrogen-bond donors (Lipinski definition) is 2. The molecule has 0 radical (unpaired) electrons. The van der Waals surface area contributed by atoms with E-state index in [1.54, 1.807) is 31.7 Å². The van der Waals surface area contributed by atoms with Gasteiger partial charge in [0.1, 0.15) is 18.2 Å². The van der Waals surface area contributed by atoms with Gasteiger partial charge in [0, 0.05) is 12.6 Å². The summed E-state index contributed by atoms with van der Waals surface area (Å²) in [5, 5.41) is 5.65. The summed E-state index contributed by atoms with van der Waals surface area (Å²) in [5.41, 5.74) is 0.914. The van der Waals surface area contributed by atoms with Crippen molar-refractivity contribution in [3.05, 3.63) is 42.0 Å². The van der Waals surface area contributed by atoms with Gasteiger partial charge in [-0.3, -0.25) is 9.59 Å². The third kappa shape index (κ3) is 11.7. The fourth-order valence-electron chi connectivity index (χ4n) is 4.00. The number of ether oxygens (including phenoxy) is 1. The van der Waals surface area contributed by atoms with Gasteiger partial charge in [0.25, 0.3) is 0 Å². The summed E-state index contributed by atoms with van der Waals surface area (Å²) in [7, 11) is 0. The molecule has 2 atom stereocenters. The average Bonchev–Trinajstić information content (AvgIpc) is 2.80. The highest BCUT2D eigenvalue weighted by Gasteiger charge is 2.32. The minimum Gasteiger partial charge on any atom is -0.444 e. The average molecular weight is 502 g/mol. The zero-order valence-electron chi connectivity index (χ0n) is 23.2. The Balaban J connectivity index is 3.25. The first-order chi connectivity index (χ1) is 17.0. The van der Waals surface area contributed by atoms with Crippen molar-refractivity contribution in [2.75, 3.05) is 13.1 Å². The fraction of sp³-hybridized carbons (Fsp3) is 0.621. The SMILES string of the molecule is C=Cc1cccc(C(C(=O)NC(C)CCC)N(CCCCCCC)C(=O)CNC(=O)OC(C)(C)C)c1. The van der Waals surface area contributed by atoms with Gasteiger partial charge in [-0.25, -0.2) is 4.79 Å². The smallest absolute Gasteiger partial charge is 0.408 e. The Morgan fingerprint density at radius 1 is 1.08 bits per heavy atom. The van der Waals surface area contributed by atoms with Crippen LogP contribution >= 0.6 is 0 Å². The third-order valence-corrected chi connectivity index (χ3v) is 5.74. The molecule has 1 aromatic rings. The maximum absolute atomic E-state index is 13.6. The van der Waals surface area contributed by atoms with E-state index in [4.69, 9.17) is 4.74 Å². The number of carbonyl (C=O) groups is 3. The van der Waals surface area contributed by atoms with Crippen molar-refractivity contribution in [1.82, 2.24) is 15.5 Å². The van der Waals surface area contributed by atoms with Crippen molar-refractivity contribution >= 4 is 24.0 Å². The molecule has 2 N–H and O–H groups in total. The number of alkyl carbamates (subject to hydrolysis) is 1. The van der Waals surface area contributed by atoms with Crippen LogP contribution in [0.25, 0.3) is 6.08 Å². The second kappa shape index (κ2) is 16.0. The molecule has 0 saturated carbocycles. The van der Waals surface area contributed by atoms with Gasteiger partial charge < -0.3 is 20.3 Å². The molecule has 3 amide bonds. The van der Waals surface area contributed by atoms with Crippen molar-refractivity contribution in [3.63, 3.8) is 0 Å². The topological polar surface area (TPSA) is 87.7 Å². The van der Waals surface area contributed by atoms with Crippen molar-refractivity contribution in [3.8, 4) is 0 Å². The van der Waals surface area contributed by atoms with Crippen molar-refractivity contribution in [2.45, 2.75) is 104 Å². The first-order valence-corrected chi connectivity index (χ1v) is 13.3. The number of rotatable bonds is 15. The van der Waals surface area contributed by atoms with Crippen LogP contribution in [0.15, 0.2) is 30.8 Å². The van der Waals surface area contributed by atoms with Crippen LogP contribution in [0.5, 0.6) is 0 Å². The summed E-state index contributed by atoms with van der Waals surface area (Å²) >= 11 is 0. The Kier molecular flexibility index (Phi) is 13.9. The molecular formula is C29H47N3O4. The summed E-state index contributed by atoms with van der Waals surface area (Å²) in [6, 6.07) is 6.69. The Labute approximate surface area is 218 Å². The molecule has 0 saturated heterocycles. The minimum absolute atomic E-state index is 0.0195. The number of nitrogens with one attached hydrogen (secondary N) is 2. The molecule has 1 rings (SSSR count). The van der Waals surface area contributed by atoms with Crippen LogP contribution < -0.4 is 10.6 Å². The number of nitrogens with zero attached hydrogens (tertiary/aromatic N) is 1. The quantitative estimate of drug-likeness (QED) is 0.289. The van der Waals surface area contributed by atoms with Crippen molar-refractivity contribution < 1.29 is 19.1 Å². The fourth-order valence-corrected chi connectivity index (χ4v) is 4.00. The zero-order valence-corrected chi connectivity index (χ0v) is 23.2. The number of hydrogen-bond acceptors (Lipinski definition) is 4. The number of carbonyl (C=O) groups excluding carboxylic acids is 3. The van der Waals surface area contributed by atoms with Gasteiger partial charge in [-0.1, -0.05) is 76.8 Å². The normalized spacial score (nSPS) is 12.8. The molecule has 7 nitrogen and oxygen atoms in total. The van der Waals surface area contributed by atoms with E-state index in [1.165, 1.54) is 0 Å². The number of unbranched alkanes of at least 4 members (excludes halogenated alkanes) is 4. The first kappa shape index (κ1) is 31.2. The van der Waals surface area contributed by atoms with Gasteiger partial charge in [-0.05, 0) is 57.7 Å². The van der Waals surface area contributed by atoms with Crippen molar-refractivity contribution in [1.29, 1.82) is 0 Å². The molecule has 0 bridgehead atoms. The summed E-state index contributed by atoms with van der Waals surface area (Å²) < 4.78 is 5.28. The Bertz CT molecular complexity index is 847. The highest BCUT2D eigenvalue weighted by atomic mass is 16.6. The molecule has 36 heavy (non-hydrogen) atoms.